The van der Waals surface area contributed by atoms with Crippen molar-refractivity contribution in [3.05, 3.63) is 98.6 Å². The van der Waals surface area contributed by atoms with Crippen LogP contribution in [0.4, 0.5) is 14.5 Å². The predicted octanol–water partition coefficient (Wildman–Crippen LogP) is 4.98. The summed E-state index contributed by atoms with van der Waals surface area (Å²) in [7, 11) is 0. The van der Waals surface area contributed by atoms with Gasteiger partial charge in [0.25, 0.3) is 11.8 Å². The standard InChI is InChI=1S/C24H15F2IN2O3S/c25-16-5-3-4-15(10-16)13-32-21-9-8-14(12-19(21)27)11-17-22(30)28-24(33)29(23(17)31)20-7-2-1-6-18(20)26/h1-12H,13H2,(H,28,30,33)/b17-11+. The molecule has 1 fully saturated rings. The number of benzene rings is 3. The Kier molecular flexibility index (Phi) is 6.80. The van der Waals surface area contributed by atoms with E-state index < -0.39 is 17.6 Å². The molecule has 0 aliphatic carbocycles. The lowest BCUT2D eigenvalue weighted by Gasteiger charge is -2.29. The SMILES string of the molecule is O=C1NC(=S)N(c2ccccc2F)C(=O)/C1=C/c1ccc(OCc2cccc(F)c2)c(I)c1. The van der Waals surface area contributed by atoms with E-state index >= 15 is 0 Å². The number of halogens is 3. The van der Waals surface area contributed by atoms with Crippen LogP contribution >= 0.6 is 34.8 Å². The van der Waals surface area contributed by atoms with Gasteiger partial charge in [0.15, 0.2) is 5.11 Å². The number of carbonyl (C=O) groups excluding carboxylic acids is 2. The number of ether oxygens (including phenoxy) is 1. The maximum atomic E-state index is 14.3. The number of hydrogen-bond acceptors (Lipinski definition) is 4. The molecule has 33 heavy (non-hydrogen) atoms. The highest BCUT2D eigenvalue weighted by Gasteiger charge is 2.35. The minimum absolute atomic E-state index is 0.0472. The molecule has 3 aromatic carbocycles. The number of anilines is 1. The van der Waals surface area contributed by atoms with E-state index in [0.29, 0.717) is 16.9 Å². The third-order valence-electron chi connectivity index (χ3n) is 4.75. The molecule has 5 nitrogen and oxygen atoms in total. The normalized spacial score (nSPS) is 15.1. The number of nitrogens with one attached hydrogen (secondary N) is 1. The van der Waals surface area contributed by atoms with E-state index in [9.17, 15) is 18.4 Å². The number of carbonyl (C=O) groups is 2. The maximum absolute atomic E-state index is 14.3. The summed E-state index contributed by atoms with van der Waals surface area (Å²) in [5, 5.41) is 2.24. The number of rotatable bonds is 5. The van der Waals surface area contributed by atoms with Crippen molar-refractivity contribution >= 4 is 63.5 Å². The first kappa shape index (κ1) is 23.0. The van der Waals surface area contributed by atoms with Crippen LogP contribution in [-0.2, 0) is 16.2 Å². The third kappa shape index (κ3) is 5.09. The third-order valence-corrected chi connectivity index (χ3v) is 5.87. The van der Waals surface area contributed by atoms with Crippen LogP contribution in [0, 0.1) is 15.2 Å². The van der Waals surface area contributed by atoms with E-state index in [4.69, 9.17) is 17.0 Å². The number of nitrogens with zero attached hydrogens (tertiary/aromatic N) is 1. The van der Waals surface area contributed by atoms with Gasteiger partial charge in [0.05, 0.1) is 9.26 Å². The molecule has 1 N–H and O–H groups in total. The van der Waals surface area contributed by atoms with Crippen molar-refractivity contribution in [1.29, 1.82) is 0 Å². The van der Waals surface area contributed by atoms with Crippen LogP contribution in [-0.4, -0.2) is 16.9 Å². The van der Waals surface area contributed by atoms with E-state index in [1.54, 1.807) is 36.4 Å². The molecular weight excluding hydrogens is 561 g/mol. The first-order chi connectivity index (χ1) is 15.8. The highest BCUT2D eigenvalue weighted by molar-refractivity contribution is 14.1. The monoisotopic (exact) mass is 576 g/mol. The summed E-state index contributed by atoms with van der Waals surface area (Å²) in [6, 6.07) is 16.9. The van der Waals surface area contributed by atoms with Gasteiger partial charge in [-0.05, 0) is 88.4 Å². The van der Waals surface area contributed by atoms with Crippen LogP contribution < -0.4 is 15.0 Å². The maximum Gasteiger partial charge on any atom is 0.270 e. The molecule has 166 valence electrons. The first-order valence-electron chi connectivity index (χ1n) is 9.66. The van der Waals surface area contributed by atoms with Gasteiger partial charge in [-0.1, -0.05) is 30.3 Å². The van der Waals surface area contributed by atoms with E-state index in [-0.39, 0.29) is 28.8 Å². The van der Waals surface area contributed by atoms with Crippen LogP contribution in [0.5, 0.6) is 5.75 Å². The lowest BCUT2D eigenvalue weighted by Crippen LogP contribution is -2.54. The Morgan fingerprint density at radius 2 is 1.82 bits per heavy atom. The van der Waals surface area contributed by atoms with Gasteiger partial charge in [-0.2, -0.15) is 0 Å². The van der Waals surface area contributed by atoms with E-state index in [0.717, 1.165) is 8.47 Å². The lowest BCUT2D eigenvalue weighted by atomic mass is 10.1. The molecule has 0 unspecified atom stereocenters. The molecule has 1 aliphatic heterocycles. The molecule has 0 saturated carbocycles. The first-order valence-corrected chi connectivity index (χ1v) is 11.1. The van der Waals surface area contributed by atoms with Gasteiger partial charge < -0.3 is 4.74 Å². The molecule has 3 aromatic rings. The second-order valence-electron chi connectivity index (χ2n) is 7.02. The Morgan fingerprint density at radius 1 is 1.03 bits per heavy atom. The second-order valence-corrected chi connectivity index (χ2v) is 8.57. The minimum atomic E-state index is -0.727. The molecule has 0 atom stereocenters. The summed E-state index contributed by atoms with van der Waals surface area (Å²) in [5.41, 5.74) is 1.02. The number of para-hydroxylation sites is 1. The van der Waals surface area contributed by atoms with Crippen molar-refractivity contribution < 1.29 is 23.1 Å². The zero-order chi connectivity index (χ0) is 23.5. The molecule has 1 heterocycles. The average molecular weight is 576 g/mol. The Labute approximate surface area is 207 Å². The molecular formula is C24H15F2IN2O3S. The number of thiocarbonyl (C=S) groups is 1. The van der Waals surface area contributed by atoms with E-state index in [1.165, 1.54) is 36.4 Å². The summed E-state index contributed by atoms with van der Waals surface area (Å²) < 4.78 is 34.1. The average Bonchev–Trinajstić information content (AvgIpc) is 2.77. The van der Waals surface area contributed by atoms with Gasteiger partial charge in [0.1, 0.15) is 29.6 Å². The van der Waals surface area contributed by atoms with Crippen molar-refractivity contribution in [2.24, 2.45) is 0 Å². The van der Waals surface area contributed by atoms with E-state index in [1.807, 2.05) is 0 Å². The van der Waals surface area contributed by atoms with Gasteiger partial charge in [-0.25, -0.2) is 13.7 Å². The van der Waals surface area contributed by atoms with Crippen LogP contribution in [0.2, 0.25) is 0 Å². The van der Waals surface area contributed by atoms with Crippen molar-refractivity contribution in [2.45, 2.75) is 6.61 Å². The van der Waals surface area contributed by atoms with Gasteiger partial charge in [0, 0.05) is 0 Å². The second kappa shape index (κ2) is 9.75. The summed E-state index contributed by atoms with van der Waals surface area (Å²) in [6.45, 7) is 0.185. The fourth-order valence-electron chi connectivity index (χ4n) is 3.19. The van der Waals surface area contributed by atoms with Crippen molar-refractivity contribution in [1.82, 2.24) is 5.32 Å². The molecule has 2 amide bonds. The summed E-state index contributed by atoms with van der Waals surface area (Å²) in [5.74, 6) is -1.81. The van der Waals surface area contributed by atoms with Gasteiger partial charge in [0.2, 0.25) is 0 Å². The Balaban J connectivity index is 1.57. The largest absolute Gasteiger partial charge is 0.488 e. The zero-order valence-corrected chi connectivity index (χ0v) is 19.8. The zero-order valence-electron chi connectivity index (χ0n) is 16.8. The van der Waals surface area contributed by atoms with Crippen LogP contribution in [0.3, 0.4) is 0 Å². The minimum Gasteiger partial charge on any atom is -0.488 e. The van der Waals surface area contributed by atoms with Crippen molar-refractivity contribution in [3.63, 3.8) is 0 Å². The molecule has 0 aromatic heterocycles. The molecule has 9 heteroatoms. The smallest absolute Gasteiger partial charge is 0.270 e. The van der Waals surface area contributed by atoms with Crippen molar-refractivity contribution in [3.8, 4) is 5.75 Å². The van der Waals surface area contributed by atoms with E-state index in [2.05, 4.69) is 27.9 Å². The van der Waals surface area contributed by atoms with Crippen molar-refractivity contribution in [2.75, 3.05) is 4.90 Å². The predicted molar refractivity (Wildman–Crippen MR) is 132 cm³/mol. The fraction of sp³-hybridized carbons (Fsp3) is 0.0417. The molecule has 1 aliphatic rings. The highest BCUT2D eigenvalue weighted by Crippen LogP contribution is 2.27. The molecule has 0 spiro atoms. The van der Waals surface area contributed by atoms with Gasteiger partial charge in [-0.15, -0.1) is 0 Å². The number of amides is 2. The quantitative estimate of drug-likeness (QED) is 0.202. The Hall–Kier alpha value is -3.18. The van der Waals surface area contributed by atoms with Gasteiger partial charge >= 0.3 is 0 Å². The molecule has 1 saturated heterocycles. The highest BCUT2D eigenvalue weighted by atomic mass is 127. The molecule has 4 rings (SSSR count). The lowest BCUT2D eigenvalue weighted by molar-refractivity contribution is -0.122. The fourth-order valence-corrected chi connectivity index (χ4v) is 4.16. The van der Waals surface area contributed by atoms with Crippen LogP contribution in [0.25, 0.3) is 6.08 Å². The summed E-state index contributed by atoms with van der Waals surface area (Å²) in [6.07, 6.45) is 1.41. The van der Waals surface area contributed by atoms with Crippen LogP contribution in [0.1, 0.15) is 11.1 Å². The van der Waals surface area contributed by atoms with Crippen LogP contribution in [0.15, 0.2) is 72.3 Å². The topological polar surface area (TPSA) is 58.6 Å². The number of hydrogen-bond donors (Lipinski definition) is 1. The van der Waals surface area contributed by atoms with Gasteiger partial charge in [-0.3, -0.25) is 14.9 Å². The molecule has 0 radical (unpaired) electrons. The Morgan fingerprint density at radius 3 is 2.55 bits per heavy atom. The summed E-state index contributed by atoms with van der Waals surface area (Å²) >= 11 is 7.16. The Bertz CT molecular complexity index is 1310. The molecule has 0 bridgehead atoms. The summed E-state index contributed by atoms with van der Waals surface area (Å²) in [4.78, 5) is 26.4.